The maximum absolute atomic E-state index is 5.38. The molecule has 0 atom stereocenters. The summed E-state index contributed by atoms with van der Waals surface area (Å²) in [5.74, 6) is 0. The molecule has 0 aromatic heterocycles. The van der Waals surface area contributed by atoms with Crippen molar-refractivity contribution in [2.45, 2.75) is 38.3 Å². The molecule has 1 heterocycles. The summed E-state index contributed by atoms with van der Waals surface area (Å²) in [4.78, 5) is 2.46. The van der Waals surface area contributed by atoms with Gasteiger partial charge in [0.25, 0.3) is 0 Å². The molecule has 1 aromatic carbocycles. The van der Waals surface area contributed by atoms with E-state index in [-0.39, 0.29) is 0 Å². The summed E-state index contributed by atoms with van der Waals surface area (Å²) in [6.07, 6.45) is 5.42. The van der Waals surface area contributed by atoms with E-state index in [1.165, 1.54) is 36.9 Å². The lowest BCUT2D eigenvalue weighted by atomic mass is 10.1. The van der Waals surface area contributed by atoms with Crippen LogP contribution in [0.5, 0.6) is 0 Å². The lowest BCUT2D eigenvalue weighted by molar-refractivity contribution is 0.0342. The number of hydrogen-bond donors (Lipinski definition) is 1. The zero-order valence-corrected chi connectivity index (χ0v) is 11.6. The van der Waals surface area contributed by atoms with Gasteiger partial charge in [-0.2, -0.15) is 0 Å². The Balaban J connectivity index is 1.52. The van der Waals surface area contributed by atoms with Crippen LogP contribution in [0.4, 0.5) is 5.69 Å². The van der Waals surface area contributed by atoms with Crippen molar-refractivity contribution in [3.05, 3.63) is 29.8 Å². The van der Waals surface area contributed by atoms with Gasteiger partial charge in [0.05, 0.1) is 13.2 Å². The van der Waals surface area contributed by atoms with Crippen LogP contribution in [-0.4, -0.2) is 37.2 Å². The minimum Gasteiger partial charge on any atom is -0.382 e. The number of rotatable bonds is 4. The van der Waals surface area contributed by atoms with Gasteiger partial charge in [0.2, 0.25) is 0 Å². The summed E-state index contributed by atoms with van der Waals surface area (Å²) in [7, 11) is 0. The van der Waals surface area contributed by atoms with Gasteiger partial charge in [-0.3, -0.25) is 4.90 Å². The third kappa shape index (κ3) is 3.71. The van der Waals surface area contributed by atoms with E-state index in [0.29, 0.717) is 6.04 Å². The van der Waals surface area contributed by atoms with Crippen molar-refractivity contribution in [1.29, 1.82) is 0 Å². The van der Waals surface area contributed by atoms with Crippen LogP contribution in [0.25, 0.3) is 0 Å². The van der Waals surface area contributed by atoms with E-state index in [9.17, 15) is 0 Å². The molecule has 3 rings (SSSR count). The van der Waals surface area contributed by atoms with Gasteiger partial charge in [0, 0.05) is 31.4 Å². The molecule has 1 N–H and O–H groups in total. The number of benzene rings is 1. The molecule has 2 aliphatic rings. The first-order valence-electron chi connectivity index (χ1n) is 7.56. The normalized spacial score (nSPS) is 21.7. The highest BCUT2D eigenvalue weighted by atomic mass is 16.5. The van der Waals surface area contributed by atoms with E-state index in [1.54, 1.807) is 0 Å². The maximum atomic E-state index is 5.38. The van der Waals surface area contributed by atoms with Crippen LogP contribution in [0.1, 0.15) is 31.2 Å². The van der Waals surface area contributed by atoms with Crippen molar-refractivity contribution in [3.8, 4) is 0 Å². The van der Waals surface area contributed by atoms with Crippen LogP contribution in [0.2, 0.25) is 0 Å². The van der Waals surface area contributed by atoms with E-state index in [2.05, 4.69) is 34.5 Å². The summed E-state index contributed by atoms with van der Waals surface area (Å²) in [5, 5.41) is 3.64. The lowest BCUT2D eigenvalue weighted by Crippen LogP contribution is -2.35. The van der Waals surface area contributed by atoms with Crippen molar-refractivity contribution < 1.29 is 4.74 Å². The molecule has 1 aliphatic heterocycles. The molecular formula is C16H24N2O. The van der Waals surface area contributed by atoms with Gasteiger partial charge >= 0.3 is 0 Å². The Kier molecular flexibility index (Phi) is 4.36. The van der Waals surface area contributed by atoms with E-state index in [0.717, 1.165) is 32.8 Å². The molecule has 0 unspecified atom stereocenters. The average molecular weight is 260 g/mol. The molecule has 0 radical (unpaired) electrons. The third-order valence-corrected chi connectivity index (χ3v) is 4.19. The lowest BCUT2D eigenvalue weighted by Gasteiger charge is -2.26. The zero-order chi connectivity index (χ0) is 12.9. The van der Waals surface area contributed by atoms with Gasteiger partial charge < -0.3 is 10.1 Å². The van der Waals surface area contributed by atoms with E-state index < -0.39 is 0 Å². The predicted octanol–water partition coefficient (Wildman–Crippen LogP) is 2.87. The van der Waals surface area contributed by atoms with E-state index >= 15 is 0 Å². The topological polar surface area (TPSA) is 24.5 Å². The first-order chi connectivity index (χ1) is 9.40. The molecule has 1 aromatic rings. The fraction of sp³-hybridized carbons (Fsp3) is 0.625. The molecule has 0 amide bonds. The maximum Gasteiger partial charge on any atom is 0.0594 e. The number of nitrogens with zero attached hydrogens (tertiary/aromatic N) is 1. The van der Waals surface area contributed by atoms with Gasteiger partial charge in [-0.25, -0.2) is 0 Å². The monoisotopic (exact) mass is 260 g/mol. The molecule has 104 valence electrons. The summed E-state index contributed by atoms with van der Waals surface area (Å²) < 4.78 is 5.38. The summed E-state index contributed by atoms with van der Waals surface area (Å²) in [5.41, 5.74) is 2.68. The largest absolute Gasteiger partial charge is 0.382 e. The third-order valence-electron chi connectivity index (χ3n) is 4.19. The van der Waals surface area contributed by atoms with Gasteiger partial charge in [-0.1, -0.05) is 25.0 Å². The molecule has 19 heavy (non-hydrogen) atoms. The van der Waals surface area contributed by atoms with Crippen LogP contribution in [-0.2, 0) is 11.3 Å². The molecule has 1 saturated carbocycles. The first-order valence-corrected chi connectivity index (χ1v) is 7.56. The second kappa shape index (κ2) is 6.40. The molecule has 3 heteroatoms. The first kappa shape index (κ1) is 12.9. The highest BCUT2D eigenvalue weighted by molar-refractivity contribution is 5.45. The number of ether oxygens (including phenoxy) is 1. The molecular weight excluding hydrogens is 236 g/mol. The van der Waals surface area contributed by atoms with Crippen LogP contribution < -0.4 is 5.32 Å². The van der Waals surface area contributed by atoms with Crippen LogP contribution in [0, 0.1) is 0 Å². The second-order valence-corrected chi connectivity index (χ2v) is 5.71. The Morgan fingerprint density at radius 1 is 1.05 bits per heavy atom. The molecule has 1 aliphatic carbocycles. The Hall–Kier alpha value is -1.06. The Morgan fingerprint density at radius 2 is 1.74 bits per heavy atom. The molecule has 0 bridgehead atoms. The average Bonchev–Trinajstić information content (AvgIpc) is 2.95. The molecule has 1 saturated heterocycles. The fourth-order valence-corrected chi connectivity index (χ4v) is 3.03. The van der Waals surface area contributed by atoms with Gasteiger partial charge in [0.1, 0.15) is 0 Å². The zero-order valence-electron chi connectivity index (χ0n) is 11.6. The smallest absolute Gasteiger partial charge is 0.0594 e. The fourth-order valence-electron chi connectivity index (χ4n) is 3.03. The minimum atomic E-state index is 0.699. The number of nitrogens with one attached hydrogen (secondary N) is 1. The number of morpholine rings is 1. The van der Waals surface area contributed by atoms with Crippen molar-refractivity contribution in [2.75, 3.05) is 31.6 Å². The second-order valence-electron chi connectivity index (χ2n) is 5.71. The quantitative estimate of drug-likeness (QED) is 0.901. The van der Waals surface area contributed by atoms with Gasteiger partial charge in [-0.05, 0) is 30.5 Å². The van der Waals surface area contributed by atoms with Gasteiger partial charge in [0.15, 0.2) is 0 Å². The number of hydrogen-bond acceptors (Lipinski definition) is 3. The van der Waals surface area contributed by atoms with Crippen LogP contribution in [0.3, 0.4) is 0 Å². The standard InChI is InChI=1S/C16H24N2O/c1-2-4-15(3-1)17-16-7-5-14(6-8-16)13-18-9-11-19-12-10-18/h5-8,15,17H,1-4,9-13H2. The van der Waals surface area contributed by atoms with Gasteiger partial charge in [-0.15, -0.1) is 0 Å². The van der Waals surface area contributed by atoms with E-state index in [1.807, 2.05) is 0 Å². The van der Waals surface area contributed by atoms with Crippen molar-refractivity contribution >= 4 is 5.69 Å². The summed E-state index contributed by atoms with van der Waals surface area (Å²) in [6.45, 7) is 4.92. The Labute approximate surface area is 115 Å². The Bertz CT molecular complexity index is 378. The highest BCUT2D eigenvalue weighted by Crippen LogP contribution is 2.22. The van der Waals surface area contributed by atoms with Crippen molar-refractivity contribution in [1.82, 2.24) is 4.90 Å². The number of anilines is 1. The molecule has 0 spiro atoms. The SMILES string of the molecule is c1cc(NC2CCCC2)ccc1CN1CCOCC1. The van der Waals surface area contributed by atoms with Crippen molar-refractivity contribution in [2.24, 2.45) is 0 Å². The van der Waals surface area contributed by atoms with Crippen LogP contribution >= 0.6 is 0 Å². The van der Waals surface area contributed by atoms with Crippen molar-refractivity contribution in [3.63, 3.8) is 0 Å². The minimum absolute atomic E-state index is 0.699. The van der Waals surface area contributed by atoms with Crippen LogP contribution in [0.15, 0.2) is 24.3 Å². The predicted molar refractivity (Wildman–Crippen MR) is 78.4 cm³/mol. The highest BCUT2D eigenvalue weighted by Gasteiger charge is 2.14. The van der Waals surface area contributed by atoms with E-state index in [4.69, 9.17) is 4.74 Å². The summed E-state index contributed by atoms with van der Waals surface area (Å²) >= 11 is 0. The molecule has 2 fully saturated rings. The Morgan fingerprint density at radius 3 is 2.42 bits per heavy atom. The summed E-state index contributed by atoms with van der Waals surface area (Å²) in [6, 6.07) is 9.67. The molecule has 3 nitrogen and oxygen atoms in total.